The second-order valence-corrected chi connectivity index (χ2v) is 6.12. The van der Waals surface area contributed by atoms with Gasteiger partial charge in [0.15, 0.2) is 29.6 Å². The van der Waals surface area contributed by atoms with E-state index in [4.69, 9.17) is 13.8 Å². The summed E-state index contributed by atoms with van der Waals surface area (Å²) in [6.07, 6.45) is -2.31. The lowest BCUT2D eigenvalue weighted by atomic mass is 9.93. The van der Waals surface area contributed by atoms with Crippen LogP contribution in [0.15, 0.2) is 24.3 Å². The molecule has 3 rings (SSSR count). The summed E-state index contributed by atoms with van der Waals surface area (Å²) in [7, 11) is 0. The zero-order valence-electron chi connectivity index (χ0n) is 16.7. The lowest BCUT2D eigenvalue weighted by Gasteiger charge is -2.35. The Kier molecular flexibility index (Phi) is 3.46. The van der Waals surface area contributed by atoms with Crippen molar-refractivity contribution in [1.29, 1.82) is 4.29 Å². The zero-order valence-corrected chi connectivity index (χ0v) is 13.7. The number of benzene rings is 2. The van der Waals surface area contributed by atoms with E-state index in [-0.39, 0.29) is 29.4 Å². The average molecular weight is 354 g/mol. The number of phenols is 4. The van der Waals surface area contributed by atoms with Crippen molar-refractivity contribution >= 4 is 0 Å². The molecule has 1 heterocycles. The molecule has 0 amide bonds. The monoisotopic (exact) mass is 354 g/mol. The van der Waals surface area contributed by atoms with Gasteiger partial charge >= 0.3 is 0 Å². The SMILES string of the molecule is [3H]Oc1cc(C2Oc3cc(C)cc(O)c3C[C@@H]2OC(C)O)cc(O[3H])c1O[3H]. The van der Waals surface area contributed by atoms with Gasteiger partial charge in [0.25, 0.3) is 4.29 Å². The predicted molar refractivity (Wildman–Crippen MR) is 87.9 cm³/mol. The molecular formula is C18H20O7. The molecule has 5 N–H and O–H groups in total. The fraction of sp³-hybridized carbons (Fsp3) is 0.333. The van der Waals surface area contributed by atoms with Gasteiger partial charge in [-0.25, -0.2) is 0 Å². The van der Waals surface area contributed by atoms with E-state index in [1.54, 1.807) is 12.1 Å². The first-order chi connectivity index (χ1) is 13.4. The Hall–Kier alpha value is -2.64. The molecule has 0 spiro atoms. The number of rotatable bonds is 6. The summed E-state index contributed by atoms with van der Waals surface area (Å²) in [6, 6.07) is 6.19. The van der Waals surface area contributed by atoms with Crippen LogP contribution in [0.2, 0.25) is 0 Å². The van der Waals surface area contributed by atoms with Crippen LogP contribution >= 0.6 is 0 Å². The van der Waals surface area contributed by atoms with Crippen molar-refractivity contribution in [1.82, 2.24) is 0 Å². The molecule has 1 aliphatic rings. The molecule has 2 aromatic carbocycles. The minimum atomic E-state index is -1.10. The molecular weight excluding hydrogens is 328 g/mol. The van der Waals surface area contributed by atoms with E-state index < -0.39 is 18.5 Å². The minimum absolute atomic E-state index is 0.0657. The normalized spacial score (nSPS) is 21.8. The van der Waals surface area contributed by atoms with Crippen LogP contribution in [0.1, 0.15) is 29.7 Å². The van der Waals surface area contributed by atoms with Gasteiger partial charge in [-0.1, -0.05) is 0 Å². The molecule has 3 atom stereocenters. The van der Waals surface area contributed by atoms with E-state index >= 15 is 0 Å². The third-order valence-corrected chi connectivity index (χ3v) is 4.07. The molecule has 7 heteroatoms. The number of ether oxygens (including phenoxy) is 2. The second-order valence-electron chi connectivity index (χ2n) is 6.12. The number of hydrogen-bond donors (Lipinski definition) is 5. The molecule has 2 aromatic rings. The molecule has 25 heavy (non-hydrogen) atoms. The van der Waals surface area contributed by atoms with E-state index in [1.807, 2.05) is 6.92 Å². The Morgan fingerprint density at radius 2 is 1.88 bits per heavy atom. The molecule has 7 nitrogen and oxygen atoms in total. The van der Waals surface area contributed by atoms with E-state index in [1.165, 1.54) is 19.1 Å². The van der Waals surface area contributed by atoms with Gasteiger partial charge in [-0.3, -0.25) is 0 Å². The van der Waals surface area contributed by atoms with Crippen molar-refractivity contribution in [3.05, 3.63) is 41.0 Å². The number of fused-ring (bicyclic) bond motifs is 1. The summed E-state index contributed by atoms with van der Waals surface area (Å²) in [5.41, 5.74) is 1.77. The number of aliphatic hydroxyl groups excluding tert-OH is 1. The van der Waals surface area contributed by atoms with Crippen LogP contribution < -0.4 is 4.74 Å². The number of phenolic OH excluding ortho intramolecular Hbond substituents is 4. The first-order valence-electron chi connectivity index (χ1n) is 9.00. The number of hydrogen-bond acceptors (Lipinski definition) is 7. The number of aromatic hydroxyl groups is 4. The summed E-state index contributed by atoms with van der Waals surface area (Å²) in [6.45, 7) is 3.27. The molecule has 134 valence electrons. The Morgan fingerprint density at radius 1 is 1.16 bits per heavy atom. The van der Waals surface area contributed by atoms with Crippen LogP contribution in [0.3, 0.4) is 0 Å². The van der Waals surface area contributed by atoms with Crippen molar-refractivity contribution in [2.75, 3.05) is 0 Å². The molecule has 0 saturated heterocycles. The van der Waals surface area contributed by atoms with Gasteiger partial charge in [-0.15, -0.1) is 0 Å². The Bertz CT molecular complexity index is 834. The Balaban J connectivity index is 2.09. The molecule has 0 aliphatic carbocycles. The molecule has 0 radical (unpaired) electrons. The predicted octanol–water partition coefficient (Wildman–Crippen LogP) is 2.22. The van der Waals surface area contributed by atoms with Crippen LogP contribution in [0, 0.1) is 6.92 Å². The summed E-state index contributed by atoms with van der Waals surface area (Å²) in [5.74, 6) is -0.00286. The maximum absolute atomic E-state index is 10.3. The molecule has 0 aromatic heterocycles. The summed E-state index contributed by atoms with van der Waals surface area (Å²) < 4.78 is 33.1. The van der Waals surface area contributed by atoms with Crippen LogP contribution in [0.5, 0.6) is 28.7 Å². The smallest absolute Gasteiger partial charge is 0.293 e. The van der Waals surface area contributed by atoms with Crippen molar-refractivity contribution in [3.8, 4) is 28.7 Å². The quantitative estimate of drug-likeness (QED) is 0.398. The van der Waals surface area contributed by atoms with Gasteiger partial charge in [-0.05, 0) is 43.7 Å². The fourth-order valence-electron chi connectivity index (χ4n) is 3.01. The first-order valence-corrected chi connectivity index (χ1v) is 7.78. The van der Waals surface area contributed by atoms with E-state index in [2.05, 4.69) is 15.3 Å². The van der Waals surface area contributed by atoms with Crippen molar-refractivity contribution < 1.29 is 35.0 Å². The lowest BCUT2D eigenvalue weighted by Crippen LogP contribution is -2.35. The van der Waals surface area contributed by atoms with E-state index in [0.717, 1.165) is 5.56 Å². The highest BCUT2D eigenvalue weighted by molar-refractivity contribution is 5.53. The highest BCUT2D eigenvalue weighted by atomic mass is 16.6. The summed E-state index contributed by atoms with van der Waals surface area (Å²) in [5, 5.41) is 33.3. The fourth-order valence-corrected chi connectivity index (χ4v) is 3.01. The second kappa shape index (κ2) is 6.34. The maximum atomic E-state index is 10.3. The maximum Gasteiger partial charge on any atom is 0.293 e. The lowest BCUT2D eigenvalue weighted by molar-refractivity contribution is -0.156. The van der Waals surface area contributed by atoms with Crippen molar-refractivity contribution in [2.24, 2.45) is 0 Å². The van der Waals surface area contributed by atoms with Crippen LogP contribution in [0.25, 0.3) is 0 Å². The number of aryl methyl sites for hydroxylation is 1. The third kappa shape index (κ3) is 3.29. The standard InChI is InChI=1S/C18H20O7/c1-8-3-12(20)11-7-16(24-9(2)19)18(25-15(11)4-8)10-5-13(21)17(23)14(22)6-10/h3-6,9,16,18-23H,7H2,1-2H3/t9?,16-,18?/m0/s1/i/hT3. The summed E-state index contributed by atoms with van der Waals surface area (Å²) >= 11 is 0. The Morgan fingerprint density at radius 3 is 2.48 bits per heavy atom. The zero-order chi connectivity index (χ0) is 20.4. The molecule has 1 aliphatic heterocycles. The van der Waals surface area contributed by atoms with Gasteiger partial charge in [0.1, 0.15) is 17.6 Å². The van der Waals surface area contributed by atoms with Gasteiger partial charge in [0.2, 0.25) is 0 Å². The van der Waals surface area contributed by atoms with Crippen LogP contribution in [-0.4, -0.2) is 42.2 Å². The largest absolute Gasteiger partial charge is 0.508 e. The average Bonchev–Trinajstić information content (AvgIpc) is 2.66. The van der Waals surface area contributed by atoms with Crippen molar-refractivity contribution in [3.63, 3.8) is 0 Å². The molecule has 2 unspecified atom stereocenters. The highest BCUT2D eigenvalue weighted by Gasteiger charge is 2.35. The highest BCUT2D eigenvalue weighted by Crippen LogP contribution is 2.44. The van der Waals surface area contributed by atoms with E-state index in [0.29, 0.717) is 16.9 Å². The summed E-state index contributed by atoms with van der Waals surface area (Å²) in [4.78, 5) is 0. The van der Waals surface area contributed by atoms with Crippen molar-refractivity contribution in [2.45, 2.75) is 38.8 Å². The minimum Gasteiger partial charge on any atom is -0.508 e. The van der Waals surface area contributed by atoms with Gasteiger partial charge < -0.3 is 35.0 Å². The molecule has 0 bridgehead atoms. The van der Waals surface area contributed by atoms with Gasteiger partial charge in [0.05, 0.1) is 0 Å². The van der Waals surface area contributed by atoms with Gasteiger partial charge in [-0.2, -0.15) is 0 Å². The molecule has 0 saturated carbocycles. The Labute approximate surface area is 148 Å². The van der Waals surface area contributed by atoms with Crippen LogP contribution in [0.4, 0.5) is 0 Å². The third-order valence-electron chi connectivity index (χ3n) is 4.07. The first kappa shape index (κ1) is 13.6. The molecule has 0 fully saturated rings. The van der Waals surface area contributed by atoms with Crippen LogP contribution in [-0.2, 0) is 11.2 Å². The topological polar surface area (TPSA) is 120 Å². The van der Waals surface area contributed by atoms with E-state index in [9.17, 15) is 10.2 Å². The number of aliphatic hydroxyl groups is 1. The van der Waals surface area contributed by atoms with Gasteiger partial charge in [0, 0.05) is 17.5 Å².